The number of hydrogen-bond acceptors (Lipinski definition) is 5. The smallest absolute Gasteiger partial charge is 0.326 e. The lowest BCUT2D eigenvalue weighted by Gasteiger charge is -2.35. The largest absolute Gasteiger partial charge is 0.460 e. The molecule has 29 heteroatoms. The molecule has 53 heavy (non-hydrogen) atoms. The Morgan fingerprint density at radius 1 is 0.566 bits per heavy atom. The normalized spacial score (nSPS) is 15.0. The van der Waals surface area contributed by atoms with E-state index in [1.165, 1.54) is 0 Å². The van der Waals surface area contributed by atoms with Crippen molar-refractivity contribution in [2.24, 2.45) is 0 Å². The van der Waals surface area contributed by atoms with Gasteiger partial charge in [0.2, 0.25) is 0 Å². The summed E-state index contributed by atoms with van der Waals surface area (Å²) in [6.07, 6.45) is -14.4. The Bertz CT molecular complexity index is 1340. The first kappa shape index (κ1) is 56.5. The Morgan fingerprint density at radius 2 is 0.925 bits per heavy atom. The molecular formula is C24H40F18IN4O4S2+. The van der Waals surface area contributed by atoms with E-state index in [1.807, 2.05) is 0 Å². The molecule has 0 spiro atoms. The molecule has 324 valence electrons. The molecule has 0 aromatic carbocycles. The van der Waals surface area contributed by atoms with Gasteiger partial charge in [0.25, 0.3) is 20.0 Å². The molecule has 0 radical (unpaired) electrons. The van der Waals surface area contributed by atoms with Crippen molar-refractivity contribution in [3.8, 4) is 0 Å². The number of quaternary nitrogens is 1. The first-order valence-electron chi connectivity index (χ1n) is 14.7. The van der Waals surface area contributed by atoms with Crippen LogP contribution in [0.1, 0.15) is 40.5 Å². The lowest BCUT2D eigenvalue weighted by atomic mass is 10.1. The molecule has 0 saturated heterocycles. The van der Waals surface area contributed by atoms with Crippen LogP contribution in [0.5, 0.6) is 0 Å². The third kappa shape index (κ3) is 11.9. The zero-order valence-corrected chi connectivity index (χ0v) is 32.5. The summed E-state index contributed by atoms with van der Waals surface area (Å²) in [6.45, 7) is 8.01. The number of halogens is 19. The fourth-order valence-electron chi connectivity index (χ4n) is 3.72. The molecule has 0 bridgehead atoms. The van der Waals surface area contributed by atoms with Gasteiger partial charge in [0.15, 0.2) is 0 Å². The quantitative estimate of drug-likeness (QED) is 0.0603. The highest BCUT2D eigenvalue weighted by atomic mass is 127. The van der Waals surface area contributed by atoms with E-state index in [2.05, 4.69) is 0 Å². The van der Waals surface area contributed by atoms with Gasteiger partial charge in [-0.1, -0.05) is 13.8 Å². The summed E-state index contributed by atoms with van der Waals surface area (Å²) in [5.74, 6) is -28.9. The second-order valence-corrected chi connectivity index (χ2v) is 15.2. The molecule has 0 amide bonds. The molecular weight excluding hydrogens is 941 g/mol. The van der Waals surface area contributed by atoms with Crippen LogP contribution in [0, 0.1) is 0 Å². The average molecular weight is 982 g/mol. The van der Waals surface area contributed by atoms with Crippen molar-refractivity contribution in [2.75, 3.05) is 66.5 Å². The zero-order chi connectivity index (χ0) is 42.4. The highest BCUT2D eigenvalue weighted by Crippen LogP contribution is 2.56. The van der Waals surface area contributed by atoms with Crippen LogP contribution < -0.4 is 4.72 Å². The summed E-state index contributed by atoms with van der Waals surface area (Å²) in [7, 11) is -10.9. The van der Waals surface area contributed by atoms with E-state index in [-0.39, 0.29) is 54.2 Å². The van der Waals surface area contributed by atoms with E-state index in [4.69, 9.17) is 0 Å². The van der Waals surface area contributed by atoms with Crippen LogP contribution in [0.2, 0.25) is 0 Å². The molecule has 0 saturated carbocycles. The van der Waals surface area contributed by atoms with Gasteiger partial charge in [0.1, 0.15) is 0 Å². The molecule has 0 heterocycles. The minimum Gasteiger partial charge on any atom is -0.326 e. The maximum Gasteiger partial charge on any atom is 0.460 e. The van der Waals surface area contributed by atoms with Crippen LogP contribution in [0.3, 0.4) is 0 Å². The van der Waals surface area contributed by atoms with E-state index in [0.29, 0.717) is 37.7 Å². The molecule has 0 rings (SSSR count). The molecule has 0 aliphatic rings. The SMILES string of the molecule is CCN(CC)CCCNS(=O)(=O)C(F)(F)C(F)(F)C(F)(F)C(F)(F)F.CC[N+](C)(CC)CCCN(C)S(=O)(=O)C(F)(F)C(F)(F)C(F)(F)C(F)(F)F.I. The Morgan fingerprint density at radius 3 is 1.25 bits per heavy atom. The Balaban J connectivity index is -0.000000929. The monoisotopic (exact) mass is 981 g/mol. The second-order valence-electron chi connectivity index (χ2n) is 11.3. The van der Waals surface area contributed by atoms with E-state index >= 15 is 0 Å². The number of rotatable bonds is 20. The number of alkyl halides is 18. The van der Waals surface area contributed by atoms with Crippen LogP contribution in [-0.4, -0.2) is 144 Å². The lowest BCUT2D eigenvalue weighted by Crippen LogP contribution is -2.65. The predicted molar refractivity (Wildman–Crippen MR) is 165 cm³/mol. The fraction of sp³-hybridized carbons (Fsp3) is 1.00. The van der Waals surface area contributed by atoms with E-state index in [1.54, 1.807) is 39.6 Å². The number of hydrogen-bond donors (Lipinski definition) is 1. The van der Waals surface area contributed by atoms with Crippen LogP contribution >= 0.6 is 24.0 Å². The van der Waals surface area contributed by atoms with Gasteiger partial charge in [-0.2, -0.15) is 83.3 Å². The van der Waals surface area contributed by atoms with Crippen molar-refractivity contribution in [2.45, 2.75) is 87.1 Å². The molecule has 0 fully saturated rings. The van der Waals surface area contributed by atoms with Gasteiger partial charge in [-0.25, -0.2) is 21.6 Å². The molecule has 0 aromatic rings. The fourth-order valence-corrected chi connectivity index (χ4v) is 6.00. The van der Waals surface area contributed by atoms with Gasteiger partial charge in [-0.05, 0) is 39.9 Å². The van der Waals surface area contributed by atoms with Crippen molar-refractivity contribution in [1.82, 2.24) is 13.9 Å². The number of sulfonamides is 2. The van der Waals surface area contributed by atoms with Crippen molar-refractivity contribution < 1.29 is 100 Å². The lowest BCUT2D eigenvalue weighted by molar-refractivity contribution is -0.906. The second kappa shape index (κ2) is 19.1. The third-order valence-electron chi connectivity index (χ3n) is 7.84. The number of nitrogens with zero attached hydrogens (tertiary/aromatic N) is 3. The van der Waals surface area contributed by atoms with Gasteiger partial charge in [0.05, 0.1) is 26.7 Å². The third-order valence-corrected chi connectivity index (χ3v) is 11.3. The summed E-state index contributed by atoms with van der Waals surface area (Å²) in [5.41, 5.74) is 0. The summed E-state index contributed by atoms with van der Waals surface area (Å²) < 4.78 is 277. The summed E-state index contributed by atoms with van der Waals surface area (Å²) in [4.78, 5) is 1.71. The number of nitrogens with one attached hydrogen (secondary N) is 1. The maximum absolute atomic E-state index is 13.7. The Hall–Kier alpha value is -0.790. The van der Waals surface area contributed by atoms with Crippen LogP contribution in [0.15, 0.2) is 0 Å². The van der Waals surface area contributed by atoms with Gasteiger partial charge in [-0.15, -0.1) is 24.0 Å². The standard InChI is InChI=1S/C13H22F9N2O2S.C11H17F9N2O2S.HI/c1-5-24(4,6-2)9-7-8-23(3)27(25,26)13(21,22)11(16,17)10(14,15)12(18,19)20;1-3-22(4-2)7-5-6-21-25(23,24)11(19,20)9(14,15)8(12,13)10(16,17)18;/h5-9H2,1-4H3;21H,3-7H2,1-2H3;1H/q+1;;. The first-order valence-corrected chi connectivity index (χ1v) is 17.6. The van der Waals surface area contributed by atoms with Crippen LogP contribution in [0.4, 0.5) is 79.0 Å². The summed E-state index contributed by atoms with van der Waals surface area (Å²) >= 11 is 0. The Kier molecular flexibility index (Phi) is 20.4. The van der Waals surface area contributed by atoms with Crippen molar-refractivity contribution in [1.29, 1.82) is 0 Å². The van der Waals surface area contributed by atoms with Crippen molar-refractivity contribution >= 4 is 44.0 Å². The average Bonchev–Trinajstić information content (AvgIpc) is 2.99. The van der Waals surface area contributed by atoms with Crippen LogP contribution in [0.25, 0.3) is 0 Å². The molecule has 8 nitrogen and oxygen atoms in total. The van der Waals surface area contributed by atoms with Crippen molar-refractivity contribution in [3.05, 3.63) is 0 Å². The first-order chi connectivity index (χ1) is 22.7. The van der Waals surface area contributed by atoms with E-state index in [9.17, 15) is 95.9 Å². The topological polar surface area (TPSA) is 86.8 Å². The molecule has 1 N–H and O–H groups in total. The molecule has 0 aliphatic carbocycles. The van der Waals surface area contributed by atoms with Gasteiger partial charge in [-0.3, -0.25) is 0 Å². The van der Waals surface area contributed by atoms with Crippen molar-refractivity contribution in [3.63, 3.8) is 0 Å². The van der Waals surface area contributed by atoms with Gasteiger partial charge >= 0.3 is 46.6 Å². The van der Waals surface area contributed by atoms with Gasteiger partial charge in [0, 0.05) is 26.6 Å². The minimum atomic E-state index is -7.25. The predicted octanol–water partition coefficient (Wildman–Crippen LogP) is 7.23. The Labute approximate surface area is 311 Å². The highest BCUT2D eigenvalue weighted by molar-refractivity contribution is 14.0. The molecule has 0 unspecified atom stereocenters. The summed E-state index contributed by atoms with van der Waals surface area (Å²) in [6, 6.07) is 0. The highest BCUT2D eigenvalue weighted by Gasteiger charge is 2.86. The maximum atomic E-state index is 13.7. The van der Waals surface area contributed by atoms with Gasteiger partial charge < -0.3 is 9.38 Å². The molecule has 0 aliphatic heterocycles. The summed E-state index contributed by atoms with van der Waals surface area (Å²) in [5, 5.41) is -13.4. The van der Waals surface area contributed by atoms with Crippen LogP contribution in [-0.2, 0) is 20.0 Å². The molecule has 0 aromatic heterocycles. The molecule has 0 atom stereocenters. The minimum absolute atomic E-state index is 0. The van der Waals surface area contributed by atoms with E-state index < -0.39 is 79.7 Å². The zero-order valence-electron chi connectivity index (χ0n) is 28.6. The van der Waals surface area contributed by atoms with E-state index in [0.717, 1.165) is 4.72 Å².